The van der Waals surface area contributed by atoms with E-state index >= 15 is 0 Å². The molecule has 0 N–H and O–H groups in total. The van der Waals surface area contributed by atoms with Crippen LogP contribution in [-0.4, -0.2) is 24.3 Å². The van der Waals surface area contributed by atoms with E-state index in [9.17, 15) is 9.59 Å². The Morgan fingerprint density at radius 3 is 1.31 bits per heavy atom. The summed E-state index contributed by atoms with van der Waals surface area (Å²) < 4.78 is 6.29. The summed E-state index contributed by atoms with van der Waals surface area (Å²) in [6.45, 7) is 0.482. The number of rotatable bonds is 23. The second-order valence-corrected chi connectivity index (χ2v) is 22.1. The molecule has 0 saturated heterocycles. The maximum atomic E-state index is 13.9. The molecule has 2 aliphatic rings. The normalized spacial score (nSPS) is 17.0. The summed E-state index contributed by atoms with van der Waals surface area (Å²) in [7, 11) is -2.11. The number of Topliss-reactive ketones (excluding diaryl/α,β-unsaturated/α-hetero) is 2. The molecule has 0 aromatic heterocycles. The molecule has 0 spiro atoms. The average Bonchev–Trinajstić information content (AvgIpc) is 3.31. The number of allylic oxidation sites excluding steroid dienone is 2. The Morgan fingerprint density at radius 2 is 0.836 bits per heavy atom. The number of ketones is 2. The zero-order valence-electron chi connectivity index (χ0n) is 36.2. The van der Waals surface area contributed by atoms with Gasteiger partial charge in [-0.05, 0) is 61.6 Å². The number of halogens is 1. The first-order valence-corrected chi connectivity index (χ1v) is 26.1. The molecule has 3 nitrogen and oxygen atoms in total. The first kappa shape index (κ1) is 44.7. The van der Waals surface area contributed by atoms with Crippen LogP contribution in [0.2, 0.25) is 5.02 Å². The van der Waals surface area contributed by atoms with Gasteiger partial charge in [0, 0.05) is 21.7 Å². The van der Waals surface area contributed by atoms with Crippen LogP contribution in [0.25, 0.3) is 0 Å². The van der Waals surface area contributed by atoms with Crippen molar-refractivity contribution in [2.75, 3.05) is 12.8 Å². The molecule has 0 heterocycles. The Balaban J connectivity index is 0.771. The molecule has 61 heavy (non-hydrogen) atoms. The van der Waals surface area contributed by atoms with Crippen molar-refractivity contribution in [3.8, 4) is 0 Å². The van der Waals surface area contributed by atoms with E-state index in [1.807, 2.05) is 24.3 Å². The Bertz CT molecular complexity index is 2040. The van der Waals surface area contributed by atoms with Gasteiger partial charge in [0.1, 0.15) is 0 Å². The number of fused-ring (bicyclic) bond motifs is 1. The summed E-state index contributed by atoms with van der Waals surface area (Å²) in [4.78, 5) is 27.6. The van der Waals surface area contributed by atoms with Crippen molar-refractivity contribution in [2.45, 2.75) is 121 Å². The molecular weight excluding hydrogens is 787 g/mol. The van der Waals surface area contributed by atoms with Gasteiger partial charge in [-0.1, -0.05) is 60.8 Å². The molecule has 320 valence electrons. The number of ether oxygens (including phenoxy) is 1. The number of benzene rings is 5. The molecule has 0 amide bonds. The Labute approximate surface area is 371 Å². The monoisotopic (exact) mass is 852 g/mol. The Hall–Kier alpha value is -4.30. The Morgan fingerprint density at radius 1 is 0.443 bits per heavy atom. The van der Waals surface area contributed by atoms with Gasteiger partial charge in [-0.2, -0.15) is 0 Å². The molecule has 1 fully saturated rings. The van der Waals surface area contributed by atoms with E-state index in [0.717, 1.165) is 43.5 Å². The van der Waals surface area contributed by atoms with Crippen LogP contribution < -0.4 is 15.9 Å². The smallest absolute Gasteiger partial charge is 0.193 e. The fraction of sp³-hybridized carbons (Fsp3) is 0.393. The minimum absolute atomic E-state index is 0.0229. The van der Waals surface area contributed by atoms with E-state index in [2.05, 4.69) is 103 Å². The maximum Gasteiger partial charge on any atom is 0.193 e. The van der Waals surface area contributed by atoms with E-state index in [0.29, 0.717) is 35.0 Å². The second kappa shape index (κ2) is 23.2. The second-order valence-electron chi connectivity index (χ2n) is 17.6. The van der Waals surface area contributed by atoms with Gasteiger partial charge in [-0.3, -0.25) is 9.59 Å². The summed E-state index contributed by atoms with van der Waals surface area (Å²) in [5.41, 5.74) is 2.92. The molecule has 0 bridgehead atoms. The zero-order valence-corrected chi connectivity index (χ0v) is 37.9. The van der Waals surface area contributed by atoms with E-state index in [-0.39, 0.29) is 17.5 Å². The third-order valence-electron chi connectivity index (χ3n) is 13.6. The molecule has 5 aromatic carbocycles. The molecule has 7 rings (SSSR count). The molecular formula is C56H66ClO3P. The van der Waals surface area contributed by atoms with Crippen LogP contribution in [0, 0.1) is 5.92 Å². The number of unbranched alkanes of at least 4 members (excludes halogenated alkanes) is 13. The average molecular weight is 854 g/mol. The number of hydrogen-bond donors (Lipinski definition) is 0. The Kier molecular flexibility index (Phi) is 17.0. The standard InChI is InChI=1S/C56H66ClO3P/c57-47-40-38-45(39-41-47)44-34-36-46(37-35-44)53-54(58)51-32-22-23-33-52(51)55(59)56(53)60-42-24-11-9-7-5-3-1-2-4-6-8-10-12-25-43-61(48-26-16-13-17-27-48,49-28-18-14-19-29-49)50-30-20-15-21-31-50/h13-23,26-33,38-41,44,46,61H,1-12,24-25,34-37,42-43H2. The van der Waals surface area contributed by atoms with Crippen molar-refractivity contribution in [1.82, 2.24) is 0 Å². The van der Waals surface area contributed by atoms with Crippen LogP contribution in [0.4, 0.5) is 0 Å². The van der Waals surface area contributed by atoms with Gasteiger partial charge >= 0.3 is 191 Å². The number of carbonyl (C=O) groups is 2. The van der Waals surface area contributed by atoms with Gasteiger partial charge in [-0.15, -0.1) is 0 Å². The van der Waals surface area contributed by atoms with Gasteiger partial charge in [0.25, 0.3) is 0 Å². The number of hydrogen-bond acceptors (Lipinski definition) is 3. The molecule has 0 aliphatic heterocycles. The van der Waals surface area contributed by atoms with E-state index in [1.54, 1.807) is 12.1 Å². The van der Waals surface area contributed by atoms with Gasteiger partial charge in [0.2, 0.25) is 5.78 Å². The van der Waals surface area contributed by atoms with E-state index < -0.39 is 7.26 Å². The third kappa shape index (κ3) is 11.6. The van der Waals surface area contributed by atoms with E-state index in [4.69, 9.17) is 16.3 Å². The van der Waals surface area contributed by atoms with Crippen molar-refractivity contribution in [1.29, 1.82) is 0 Å². The molecule has 0 radical (unpaired) electrons. The zero-order chi connectivity index (χ0) is 42.1. The fourth-order valence-electron chi connectivity index (χ4n) is 10.2. The predicted molar refractivity (Wildman–Crippen MR) is 260 cm³/mol. The molecule has 5 heteroatoms. The van der Waals surface area contributed by atoms with Crippen molar-refractivity contribution in [2.24, 2.45) is 5.92 Å². The molecule has 5 aromatic rings. The SMILES string of the molecule is O=C1C(OCCCCCCCCCCCCCCCC[PH](c2ccccc2)(c2ccccc2)c2ccccc2)=C(C2CCC(c3ccc(Cl)cc3)CC2)C(=O)c2ccccc21. The topological polar surface area (TPSA) is 43.4 Å². The maximum absolute atomic E-state index is 13.9. The van der Waals surface area contributed by atoms with Crippen LogP contribution in [0.1, 0.15) is 148 Å². The van der Waals surface area contributed by atoms with Crippen LogP contribution in [0.15, 0.2) is 151 Å². The largest absolute Gasteiger partial charge is 0.289 e. The third-order valence-corrected chi connectivity index (χ3v) is 18.9. The van der Waals surface area contributed by atoms with Crippen LogP contribution in [0.5, 0.6) is 0 Å². The first-order valence-electron chi connectivity index (χ1n) is 23.5. The van der Waals surface area contributed by atoms with Gasteiger partial charge in [-0.25, -0.2) is 0 Å². The van der Waals surface area contributed by atoms with E-state index in [1.165, 1.54) is 105 Å². The molecule has 0 unspecified atom stereocenters. The fourth-order valence-corrected chi connectivity index (χ4v) is 15.3. The van der Waals surface area contributed by atoms with Gasteiger partial charge in [0.05, 0.1) is 6.61 Å². The minimum atomic E-state index is -2.11. The summed E-state index contributed by atoms with van der Waals surface area (Å²) >= 11 is 6.14. The molecule has 0 atom stereocenters. The van der Waals surface area contributed by atoms with Gasteiger partial charge < -0.3 is 4.74 Å². The molecule has 2 aliphatic carbocycles. The minimum Gasteiger partial charge on any atom is -0.289 e. The molecule has 1 saturated carbocycles. The predicted octanol–water partition coefficient (Wildman–Crippen LogP) is 14.2. The number of carbonyl (C=O) groups excluding carboxylic acids is 2. The summed E-state index contributed by atoms with van der Waals surface area (Å²) in [6.07, 6.45) is 22.6. The van der Waals surface area contributed by atoms with Crippen molar-refractivity contribution >= 4 is 46.3 Å². The summed E-state index contributed by atoms with van der Waals surface area (Å²) in [5, 5.41) is 5.31. The summed E-state index contributed by atoms with van der Waals surface area (Å²) in [5.74, 6) is 0.656. The first-order chi connectivity index (χ1) is 30.1. The van der Waals surface area contributed by atoms with Crippen LogP contribution >= 0.6 is 18.9 Å². The quantitative estimate of drug-likeness (QED) is 0.0486. The summed E-state index contributed by atoms with van der Waals surface area (Å²) in [6, 6.07) is 49.4. The van der Waals surface area contributed by atoms with Crippen molar-refractivity contribution < 1.29 is 14.3 Å². The van der Waals surface area contributed by atoms with Crippen molar-refractivity contribution in [3.05, 3.63) is 173 Å². The van der Waals surface area contributed by atoms with Crippen LogP contribution in [-0.2, 0) is 4.74 Å². The van der Waals surface area contributed by atoms with Crippen LogP contribution in [0.3, 0.4) is 0 Å². The van der Waals surface area contributed by atoms with Gasteiger partial charge in [0.15, 0.2) is 11.5 Å². The van der Waals surface area contributed by atoms with Crippen molar-refractivity contribution in [3.63, 3.8) is 0 Å².